The van der Waals surface area contributed by atoms with E-state index in [4.69, 9.17) is 5.73 Å². The number of benzene rings is 1. The molecule has 7 heteroatoms. The van der Waals surface area contributed by atoms with Gasteiger partial charge in [-0.3, -0.25) is 0 Å². The standard InChI is InChI=1S/C15H17F2N5/c1-21-4-6-22(7-5-21)15-13(18)14(19-9-20-15)11-3-2-10(16)8-12(11)17/h2-3,8-9H,4-7,18H2,1H3. The summed E-state index contributed by atoms with van der Waals surface area (Å²) in [6, 6.07) is 3.36. The zero-order valence-electron chi connectivity index (χ0n) is 12.3. The Balaban J connectivity index is 1.98. The Hall–Kier alpha value is -2.28. The van der Waals surface area contributed by atoms with Crippen LogP contribution >= 0.6 is 0 Å². The fraction of sp³-hybridized carbons (Fsp3) is 0.333. The molecular weight excluding hydrogens is 288 g/mol. The fourth-order valence-electron chi connectivity index (χ4n) is 2.55. The van der Waals surface area contributed by atoms with Crippen LogP contribution in [0.25, 0.3) is 11.3 Å². The molecule has 1 aromatic carbocycles. The van der Waals surface area contributed by atoms with Crippen molar-refractivity contribution in [2.75, 3.05) is 43.9 Å². The van der Waals surface area contributed by atoms with Crippen LogP contribution in [0.4, 0.5) is 20.3 Å². The molecule has 0 saturated carbocycles. The highest BCUT2D eigenvalue weighted by atomic mass is 19.1. The quantitative estimate of drug-likeness (QED) is 0.916. The number of nitrogens with two attached hydrogens (primary N) is 1. The van der Waals surface area contributed by atoms with Gasteiger partial charge in [0.25, 0.3) is 0 Å². The zero-order chi connectivity index (χ0) is 15.7. The summed E-state index contributed by atoms with van der Waals surface area (Å²) >= 11 is 0. The SMILES string of the molecule is CN1CCN(c2ncnc(-c3ccc(F)cc3F)c2N)CC1. The van der Waals surface area contributed by atoms with Gasteiger partial charge < -0.3 is 15.5 Å². The molecule has 2 heterocycles. The Morgan fingerprint density at radius 3 is 2.50 bits per heavy atom. The fourth-order valence-corrected chi connectivity index (χ4v) is 2.55. The summed E-state index contributed by atoms with van der Waals surface area (Å²) in [5, 5.41) is 0. The molecule has 0 amide bonds. The molecular formula is C15H17F2N5. The summed E-state index contributed by atoms with van der Waals surface area (Å²) in [6.45, 7) is 3.40. The lowest BCUT2D eigenvalue weighted by atomic mass is 10.1. The first-order valence-electron chi connectivity index (χ1n) is 7.05. The van der Waals surface area contributed by atoms with E-state index < -0.39 is 11.6 Å². The van der Waals surface area contributed by atoms with Crippen molar-refractivity contribution in [1.29, 1.82) is 0 Å². The molecule has 1 fully saturated rings. The van der Waals surface area contributed by atoms with Gasteiger partial charge in [-0.25, -0.2) is 18.7 Å². The van der Waals surface area contributed by atoms with Gasteiger partial charge in [0.15, 0.2) is 5.82 Å². The van der Waals surface area contributed by atoms with E-state index in [-0.39, 0.29) is 5.56 Å². The summed E-state index contributed by atoms with van der Waals surface area (Å²) < 4.78 is 27.0. The smallest absolute Gasteiger partial charge is 0.155 e. The number of nitrogen functional groups attached to an aromatic ring is 1. The van der Waals surface area contributed by atoms with Crippen molar-refractivity contribution in [2.45, 2.75) is 0 Å². The van der Waals surface area contributed by atoms with Gasteiger partial charge in [-0.15, -0.1) is 0 Å². The molecule has 0 bridgehead atoms. The van der Waals surface area contributed by atoms with Gasteiger partial charge in [0.1, 0.15) is 29.3 Å². The van der Waals surface area contributed by atoms with Gasteiger partial charge >= 0.3 is 0 Å². The maximum Gasteiger partial charge on any atom is 0.155 e. The van der Waals surface area contributed by atoms with Crippen LogP contribution in [0, 0.1) is 11.6 Å². The first kappa shape index (κ1) is 14.6. The van der Waals surface area contributed by atoms with Crippen LogP contribution < -0.4 is 10.6 Å². The normalized spacial score (nSPS) is 16.0. The van der Waals surface area contributed by atoms with Crippen molar-refractivity contribution < 1.29 is 8.78 Å². The van der Waals surface area contributed by atoms with Crippen LogP contribution in [0.5, 0.6) is 0 Å². The summed E-state index contributed by atoms with van der Waals surface area (Å²) in [5.41, 5.74) is 6.93. The highest BCUT2D eigenvalue weighted by molar-refractivity contribution is 5.81. The van der Waals surface area contributed by atoms with E-state index in [0.29, 0.717) is 17.2 Å². The average Bonchev–Trinajstić information content (AvgIpc) is 2.49. The Bertz CT molecular complexity index is 684. The van der Waals surface area contributed by atoms with E-state index in [2.05, 4.69) is 26.8 Å². The molecule has 5 nitrogen and oxygen atoms in total. The largest absolute Gasteiger partial charge is 0.394 e. The van der Waals surface area contributed by atoms with Crippen LogP contribution in [0.15, 0.2) is 24.5 Å². The van der Waals surface area contributed by atoms with E-state index in [1.54, 1.807) is 0 Å². The molecule has 0 aliphatic carbocycles. The Morgan fingerprint density at radius 2 is 1.82 bits per heavy atom. The topological polar surface area (TPSA) is 58.3 Å². The lowest BCUT2D eigenvalue weighted by Crippen LogP contribution is -2.45. The van der Waals surface area contributed by atoms with E-state index >= 15 is 0 Å². The Labute approximate surface area is 127 Å². The van der Waals surface area contributed by atoms with Crippen LogP contribution in [0.3, 0.4) is 0 Å². The van der Waals surface area contributed by atoms with Crippen LogP contribution in [0.1, 0.15) is 0 Å². The molecule has 0 spiro atoms. The highest BCUT2D eigenvalue weighted by Gasteiger charge is 2.21. The first-order valence-corrected chi connectivity index (χ1v) is 7.05. The van der Waals surface area contributed by atoms with Gasteiger partial charge in [-0.05, 0) is 19.2 Å². The Morgan fingerprint density at radius 1 is 1.09 bits per heavy atom. The lowest BCUT2D eigenvalue weighted by Gasteiger charge is -2.33. The molecule has 1 saturated heterocycles. The number of likely N-dealkylation sites (N-methyl/N-ethyl adjacent to an activating group) is 1. The monoisotopic (exact) mass is 305 g/mol. The number of nitrogens with zero attached hydrogens (tertiary/aromatic N) is 4. The number of aromatic nitrogens is 2. The van der Waals surface area contributed by atoms with Crippen molar-refractivity contribution in [3.8, 4) is 11.3 Å². The van der Waals surface area contributed by atoms with Crippen molar-refractivity contribution in [3.05, 3.63) is 36.2 Å². The maximum absolute atomic E-state index is 14.0. The van der Waals surface area contributed by atoms with Gasteiger partial charge in [0.05, 0.1) is 0 Å². The molecule has 0 atom stereocenters. The van der Waals surface area contributed by atoms with Crippen molar-refractivity contribution >= 4 is 11.5 Å². The zero-order valence-corrected chi connectivity index (χ0v) is 12.3. The number of piperazine rings is 1. The van der Waals surface area contributed by atoms with Gasteiger partial charge in [-0.1, -0.05) is 0 Å². The van der Waals surface area contributed by atoms with Crippen molar-refractivity contribution in [2.24, 2.45) is 0 Å². The minimum atomic E-state index is -0.685. The average molecular weight is 305 g/mol. The molecule has 1 aromatic heterocycles. The van der Waals surface area contributed by atoms with Crippen molar-refractivity contribution in [3.63, 3.8) is 0 Å². The second kappa shape index (κ2) is 5.84. The number of hydrogen-bond donors (Lipinski definition) is 1. The number of halogens is 2. The molecule has 0 unspecified atom stereocenters. The van der Waals surface area contributed by atoms with Gasteiger partial charge in [-0.2, -0.15) is 0 Å². The second-order valence-corrected chi connectivity index (χ2v) is 5.37. The molecule has 0 radical (unpaired) electrons. The third-order valence-electron chi connectivity index (χ3n) is 3.85. The number of rotatable bonds is 2. The summed E-state index contributed by atoms with van der Waals surface area (Å²) in [7, 11) is 2.06. The van der Waals surface area contributed by atoms with E-state index in [1.165, 1.54) is 18.5 Å². The Kier molecular flexibility index (Phi) is 3.89. The molecule has 1 aliphatic heterocycles. The predicted octanol–water partition coefficient (Wildman–Crippen LogP) is 1.76. The minimum Gasteiger partial charge on any atom is -0.394 e. The summed E-state index contributed by atoms with van der Waals surface area (Å²) in [4.78, 5) is 12.6. The number of anilines is 2. The van der Waals surface area contributed by atoms with E-state index in [0.717, 1.165) is 32.2 Å². The van der Waals surface area contributed by atoms with Crippen LogP contribution in [-0.4, -0.2) is 48.1 Å². The number of hydrogen-bond acceptors (Lipinski definition) is 5. The molecule has 2 aromatic rings. The molecule has 1 aliphatic rings. The third-order valence-corrected chi connectivity index (χ3v) is 3.85. The van der Waals surface area contributed by atoms with E-state index in [9.17, 15) is 8.78 Å². The lowest BCUT2D eigenvalue weighted by molar-refractivity contribution is 0.312. The summed E-state index contributed by atoms with van der Waals surface area (Å²) in [5.74, 6) is -0.718. The van der Waals surface area contributed by atoms with Crippen molar-refractivity contribution in [1.82, 2.24) is 14.9 Å². The molecule has 2 N–H and O–H groups in total. The van der Waals surface area contributed by atoms with Gasteiger partial charge in [0.2, 0.25) is 0 Å². The van der Waals surface area contributed by atoms with Crippen LogP contribution in [-0.2, 0) is 0 Å². The van der Waals surface area contributed by atoms with Crippen LogP contribution in [0.2, 0.25) is 0 Å². The molecule has 22 heavy (non-hydrogen) atoms. The minimum absolute atomic E-state index is 0.177. The third kappa shape index (κ3) is 2.71. The molecule has 3 rings (SSSR count). The van der Waals surface area contributed by atoms with E-state index in [1.807, 2.05) is 0 Å². The van der Waals surface area contributed by atoms with Gasteiger partial charge in [0, 0.05) is 37.8 Å². The summed E-state index contributed by atoms with van der Waals surface area (Å²) in [6.07, 6.45) is 1.36. The predicted molar refractivity (Wildman–Crippen MR) is 81.5 cm³/mol. The maximum atomic E-state index is 14.0. The second-order valence-electron chi connectivity index (χ2n) is 5.37. The molecule has 116 valence electrons. The highest BCUT2D eigenvalue weighted by Crippen LogP contribution is 2.32. The first-order chi connectivity index (χ1) is 10.6.